The van der Waals surface area contributed by atoms with E-state index >= 15 is 0 Å². The molecule has 0 aromatic rings. The molecule has 62 valence electrons. The van der Waals surface area contributed by atoms with Gasteiger partial charge in [0.25, 0.3) is 0 Å². The monoisotopic (exact) mass is 148 g/mol. The predicted octanol–water partition coefficient (Wildman–Crippen LogP) is 0.544. The Morgan fingerprint density at radius 1 is 1.50 bits per heavy atom. The minimum atomic E-state index is -0.560. The fraction of sp³-hybridized carbons (Fsp3) is 1.00. The number of nitrogens with two attached hydrogens (primary N) is 1. The first kappa shape index (κ1) is 9.84. The highest BCUT2D eigenvalue weighted by atomic mass is 16.7. The van der Waals surface area contributed by atoms with Gasteiger partial charge in [-0.25, -0.2) is 5.90 Å². The highest BCUT2D eigenvalue weighted by molar-refractivity contribution is 4.62. The van der Waals surface area contributed by atoms with E-state index in [-0.39, 0.29) is 0 Å². The minimum absolute atomic E-state index is 0.560. The zero-order chi connectivity index (χ0) is 8.04. The SMILES string of the molecule is CCONC(C)(CC)ON. The van der Waals surface area contributed by atoms with Crippen molar-refractivity contribution in [3.63, 3.8) is 0 Å². The Bertz CT molecular complexity index is 83.8. The van der Waals surface area contributed by atoms with Gasteiger partial charge < -0.3 is 0 Å². The van der Waals surface area contributed by atoms with Crippen molar-refractivity contribution in [2.24, 2.45) is 5.90 Å². The first-order valence-electron chi connectivity index (χ1n) is 3.45. The molecule has 0 saturated heterocycles. The smallest absolute Gasteiger partial charge is 0.158 e. The van der Waals surface area contributed by atoms with Crippen LogP contribution in [-0.2, 0) is 9.68 Å². The van der Waals surface area contributed by atoms with Crippen molar-refractivity contribution < 1.29 is 9.68 Å². The fourth-order valence-corrected chi connectivity index (χ4v) is 0.404. The van der Waals surface area contributed by atoms with Gasteiger partial charge in [0.05, 0.1) is 6.61 Å². The third kappa shape index (κ3) is 3.12. The Balaban J connectivity index is 3.58. The maximum atomic E-state index is 5.02. The van der Waals surface area contributed by atoms with Gasteiger partial charge in [0, 0.05) is 0 Å². The van der Waals surface area contributed by atoms with Gasteiger partial charge in [-0.1, -0.05) is 6.92 Å². The zero-order valence-electron chi connectivity index (χ0n) is 6.81. The van der Waals surface area contributed by atoms with Gasteiger partial charge in [-0.2, -0.15) is 5.48 Å². The van der Waals surface area contributed by atoms with Crippen LogP contribution in [0, 0.1) is 0 Å². The molecule has 3 N–H and O–H groups in total. The van der Waals surface area contributed by atoms with Gasteiger partial charge in [0.1, 0.15) is 0 Å². The highest BCUT2D eigenvalue weighted by Gasteiger charge is 2.20. The summed E-state index contributed by atoms with van der Waals surface area (Å²) in [6.07, 6.45) is 0.753. The molecule has 1 atom stereocenters. The van der Waals surface area contributed by atoms with Crippen molar-refractivity contribution in [2.45, 2.75) is 32.9 Å². The standard InChI is InChI=1S/C6H16N2O2/c1-4-6(3,10-7)8-9-5-2/h8H,4-5,7H2,1-3H3. The second-order valence-electron chi connectivity index (χ2n) is 2.24. The zero-order valence-corrected chi connectivity index (χ0v) is 6.81. The van der Waals surface area contributed by atoms with Crippen molar-refractivity contribution in [3.05, 3.63) is 0 Å². The summed E-state index contributed by atoms with van der Waals surface area (Å²) in [5.41, 5.74) is 2.14. The number of hydrogen-bond donors (Lipinski definition) is 2. The first-order valence-corrected chi connectivity index (χ1v) is 3.45. The summed E-state index contributed by atoms with van der Waals surface area (Å²) in [6.45, 7) is 6.26. The minimum Gasteiger partial charge on any atom is -0.299 e. The molecule has 0 radical (unpaired) electrons. The molecule has 0 bridgehead atoms. The molecule has 0 saturated carbocycles. The molecular formula is C6H16N2O2. The summed E-state index contributed by atoms with van der Waals surface area (Å²) >= 11 is 0. The maximum Gasteiger partial charge on any atom is 0.158 e. The average molecular weight is 148 g/mol. The van der Waals surface area contributed by atoms with E-state index in [9.17, 15) is 0 Å². The van der Waals surface area contributed by atoms with Crippen molar-refractivity contribution in [1.29, 1.82) is 0 Å². The molecule has 0 amide bonds. The van der Waals surface area contributed by atoms with Gasteiger partial charge in [0.2, 0.25) is 0 Å². The normalized spacial score (nSPS) is 16.8. The predicted molar refractivity (Wildman–Crippen MR) is 38.7 cm³/mol. The fourth-order valence-electron chi connectivity index (χ4n) is 0.404. The molecule has 4 nitrogen and oxygen atoms in total. The topological polar surface area (TPSA) is 56.5 Å². The Morgan fingerprint density at radius 2 is 2.10 bits per heavy atom. The molecule has 0 aliphatic rings. The quantitative estimate of drug-likeness (QED) is 0.441. The summed E-state index contributed by atoms with van der Waals surface area (Å²) in [5, 5.41) is 0. The summed E-state index contributed by atoms with van der Waals surface area (Å²) in [5.74, 6) is 5.02. The van der Waals surface area contributed by atoms with Crippen LogP contribution < -0.4 is 11.4 Å². The summed E-state index contributed by atoms with van der Waals surface area (Å²) < 4.78 is 0. The maximum absolute atomic E-state index is 5.02. The molecule has 0 aliphatic carbocycles. The Morgan fingerprint density at radius 3 is 2.40 bits per heavy atom. The van der Waals surface area contributed by atoms with E-state index in [4.69, 9.17) is 10.7 Å². The molecule has 0 aromatic heterocycles. The molecule has 0 rings (SSSR count). The molecule has 1 unspecified atom stereocenters. The number of rotatable bonds is 5. The van der Waals surface area contributed by atoms with E-state index in [2.05, 4.69) is 10.3 Å². The van der Waals surface area contributed by atoms with Gasteiger partial charge in [0.15, 0.2) is 5.72 Å². The van der Waals surface area contributed by atoms with Crippen molar-refractivity contribution in [3.8, 4) is 0 Å². The Kier molecular flexibility index (Phi) is 4.55. The van der Waals surface area contributed by atoms with Crippen LogP contribution in [0.25, 0.3) is 0 Å². The lowest BCUT2D eigenvalue weighted by molar-refractivity contribution is -0.156. The van der Waals surface area contributed by atoms with Crippen LogP contribution in [0.15, 0.2) is 0 Å². The molecule has 10 heavy (non-hydrogen) atoms. The number of hydroxylamine groups is 1. The Labute approximate surface area is 61.6 Å². The molecule has 0 heterocycles. The van der Waals surface area contributed by atoms with Gasteiger partial charge in [-0.05, 0) is 20.3 Å². The van der Waals surface area contributed by atoms with Crippen LogP contribution in [-0.4, -0.2) is 12.3 Å². The summed E-state index contributed by atoms with van der Waals surface area (Å²) in [6, 6.07) is 0. The van der Waals surface area contributed by atoms with Crippen LogP contribution in [0.2, 0.25) is 0 Å². The second-order valence-corrected chi connectivity index (χ2v) is 2.24. The van der Waals surface area contributed by atoms with E-state index in [0.29, 0.717) is 6.61 Å². The lowest BCUT2D eigenvalue weighted by Gasteiger charge is -2.25. The Hall–Kier alpha value is -0.160. The van der Waals surface area contributed by atoms with Gasteiger partial charge in [-0.3, -0.25) is 9.68 Å². The largest absolute Gasteiger partial charge is 0.299 e. The molecule has 0 spiro atoms. The van der Waals surface area contributed by atoms with Crippen LogP contribution in [0.1, 0.15) is 27.2 Å². The average Bonchev–Trinajstić information content (AvgIpc) is 2.00. The summed E-state index contributed by atoms with van der Waals surface area (Å²) in [4.78, 5) is 9.58. The van der Waals surface area contributed by atoms with E-state index in [0.717, 1.165) is 6.42 Å². The van der Waals surface area contributed by atoms with E-state index < -0.39 is 5.72 Å². The first-order chi connectivity index (χ1) is 4.68. The van der Waals surface area contributed by atoms with Crippen LogP contribution >= 0.6 is 0 Å². The van der Waals surface area contributed by atoms with Gasteiger partial charge >= 0.3 is 0 Å². The van der Waals surface area contributed by atoms with Crippen molar-refractivity contribution in [2.75, 3.05) is 6.61 Å². The molecule has 0 aliphatic heterocycles. The molecule has 0 fully saturated rings. The van der Waals surface area contributed by atoms with Crippen LogP contribution in [0.4, 0.5) is 0 Å². The highest BCUT2D eigenvalue weighted by Crippen LogP contribution is 2.06. The molecular weight excluding hydrogens is 132 g/mol. The molecule has 4 heteroatoms. The van der Waals surface area contributed by atoms with Crippen LogP contribution in [0.5, 0.6) is 0 Å². The van der Waals surface area contributed by atoms with E-state index in [1.54, 1.807) is 0 Å². The molecule has 0 aromatic carbocycles. The van der Waals surface area contributed by atoms with Gasteiger partial charge in [-0.15, -0.1) is 0 Å². The van der Waals surface area contributed by atoms with E-state index in [1.165, 1.54) is 0 Å². The number of hydrogen-bond acceptors (Lipinski definition) is 4. The van der Waals surface area contributed by atoms with Crippen molar-refractivity contribution >= 4 is 0 Å². The lowest BCUT2D eigenvalue weighted by Crippen LogP contribution is -2.46. The lowest BCUT2D eigenvalue weighted by atomic mass is 10.2. The third-order valence-corrected chi connectivity index (χ3v) is 1.37. The van der Waals surface area contributed by atoms with Crippen LogP contribution in [0.3, 0.4) is 0 Å². The number of nitrogens with one attached hydrogen (secondary N) is 1. The van der Waals surface area contributed by atoms with E-state index in [1.807, 2.05) is 20.8 Å². The summed E-state index contributed by atoms with van der Waals surface area (Å²) in [7, 11) is 0. The van der Waals surface area contributed by atoms with Crippen molar-refractivity contribution in [1.82, 2.24) is 5.48 Å². The third-order valence-electron chi connectivity index (χ3n) is 1.37. The second kappa shape index (κ2) is 4.62.